The molecule has 0 atom stereocenters. The quantitative estimate of drug-likeness (QED) is 0.457. The molecule has 0 aliphatic carbocycles. The Balaban J connectivity index is 1.34. The molecule has 4 aromatic rings. The lowest BCUT2D eigenvalue weighted by Gasteiger charge is -2.34. The average Bonchev–Trinajstić information content (AvgIpc) is 2.85. The van der Waals surface area contributed by atoms with Crippen molar-refractivity contribution in [2.45, 2.75) is 13.5 Å². The largest absolute Gasteiger partial charge is 0.340 e. The molecule has 1 amide bonds. The van der Waals surface area contributed by atoms with Crippen LogP contribution in [-0.2, 0) is 11.3 Å². The van der Waals surface area contributed by atoms with Crippen molar-refractivity contribution in [1.29, 1.82) is 0 Å². The Kier molecular flexibility index (Phi) is 6.26. The number of fused-ring (bicyclic) bond motifs is 1. The van der Waals surface area contributed by atoms with Crippen LogP contribution in [0.5, 0.6) is 0 Å². The van der Waals surface area contributed by atoms with Gasteiger partial charge in [0.1, 0.15) is 11.6 Å². The minimum absolute atomic E-state index is 0.106. The first-order valence-electron chi connectivity index (χ1n) is 11.3. The van der Waals surface area contributed by atoms with Crippen LogP contribution in [0.1, 0.15) is 12.7 Å². The number of amides is 1. The van der Waals surface area contributed by atoms with Crippen molar-refractivity contribution in [1.82, 2.24) is 24.8 Å². The Hall–Kier alpha value is -4.11. The third kappa shape index (κ3) is 5.10. The predicted molar refractivity (Wildman–Crippen MR) is 133 cm³/mol. The summed E-state index contributed by atoms with van der Waals surface area (Å²) in [6.45, 7) is 5.65. The van der Waals surface area contributed by atoms with Gasteiger partial charge in [-0.3, -0.25) is 9.69 Å². The highest BCUT2D eigenvalue weighted by Crippen LogP contribution is 2.26. The number of nitrogens with one attached hydrogen (secondary N) is 2. The molecule has 34 heavy (non-hydrogen) atoms. The first-order chi connectivity index (χ1) is 16.6. The molecule has 2 aromatic carbocycles. The summed E-state index contributed by atoms with van der Waals surface area (Å²) in [5, 5.41) is 7.19. The van der Waals surface area contributed by atoms with Gasteiger partial charge in [0.15, 0.2) is 0 Å². The fourth-order valence-electron chi connectivity index (χ4n) is 4.07. The number of nitrogens with zero attached hydrogens (tertiary/aromatic N) is 6. The molecule has 0 spiro atoms. The van der Waals surface area contributed by atoms with Gasteiger partial charge in [-0.05, 0) is 36.4 Å². The van der Waals surface area contributed by atoms with Crippen LogP contribution in [0.25, 0.3) is 10.9 Å². The van der Waals surface area contributed by atoms with E-state index < -0.39 is 0 Å². The number of carbonyl (C=O) groups excluding carboxylic acids is 1. The van der Waals surface area contributed by atoms with Crippen LogP contribution in [0.4, 0.5) is 23.1 Å². The van der Waals surface area contributed by atoms with Gasteiger partial charge >= 0.3 is 0 Å². The Morgan fingerprint density at radius 2 is 1.68 bits per heavy atom. The lowest BCUT2D eigenvalue weighted by atomic mass is 10.2. The molecule has 3 heterocycles. The van der Waals surface area contributed by atoms with E-state index in [9.17, 15) is 4.79 Å². The summed E-state index contributed by atoms with van der Waals surface area (Å²) >= 11 is 0. The third-order valence-corrected chi connectivity index (χ3v) is 5.67. The number of hydrogen-bond donors (Lipinski definition) is 2. The second kappa shape index (κ2) is 9.80. The van der Waals surface area contributed by atoms with Gasteiger partial charge in [-0.2, -0.15) is 0 Å². The first-order valence-corrected chi connectivity index (χ1v) is 11.3. The molecule has 172 valence electrons. The molecule has 0 saturated carbocycles. The molecule has 0 radical (unpaired) electrons. The van der Waals surface area contributed by atoms with Gasteiger partial charge in [-0.1, -0.05) is 18.2 Å². The molecule has 1 aliphatic rings. The Morgan fingerprint density at radius 1 is 0.912 bits per heavy atom. The van der Waals surface area contributed by atoms with Gasteiger partial charge in [0, 0.05) is 62.3 Å². The Labute approximate surface area is 197 Å². The number of aromatic nitrogens is 4. The van der Waals surface area contributed by atoms with Crippen LogP contribution >= 0.6 is 0 Å². The Morgan fingerprint density at radius 3 is 2.47 bits per heavy atom. The van der Waals surface area contributed by atoms with E-state index >= 15 is 0 Å². The van der Waals surface area contributed by atoms with E-state index in [1.807, 2.05) is 54.6 Å². The maximum absolute atomic E-state index is 11.4. The van der Waals surface area contributed by atoms with Gasteiger partial charge in [0.05, 0.1) is 12.1 Å². The van der Waals surface area contributed by atoms with Crippen molar-refractivity contribution in [2.24, 2.45) is 0 Å². The highest BCUT2D eigenvalue weighted by Gasteiger charge is 2.20. The lowest BCUT2D eigenvalue weighted by Crippen LogP contribution is -2.46. The molecule has 9 heteroatoms. The minimum atomic E-state index is -0.106. The van der Waals surface area contributed by atoms with Crippen molar-refractivity contribution >= 4 is 40.0 Å². The number of hydrogen-bond acceptors (Lipinski definition) is 8. The molecular weight excluding hydrogens is 428 g/mol. The standard InChI is InChI=1S/C25H26N8O/c1-18(34)28-19-6-4-7-20(16-19)29-24-21-8-2-3-9-22(21)30-23(31-24)17-32-12-14-33(15-13-32)25-26-10-5-11-27-25/h2-11,16H,12-15,17H2,1H3,(H,28,34)(H,29,30,31). The van der Waals surface area contributed by atoms with Crippen LogP contribution in [0.15, 0.2) is 67.0 Å². The summed E-state index contributed by atoms with van der Waals surface area (Å²) in [4.78, 5) is 34.4. The zero-order valence-corrected chi connectivity index (χ0v) is 19.0. The van der Waals surface area contributed by atoms with Crippen LogP contribution in [0.3, 0.4) is 0 Å². The Bertz CT molecular complexity index is 1290. The predicted octanol–water partition coefficient (Wildman–Crippen LogP) is 3.44. The molecule has 1 aliphatic heterocycles. The summed E-state index contributed by atoms with van der Waals surface area (Å²) < 4.78 is 0. The summed E-state index contributed by atoms with van der Waals surface area (Å²) in [5.41, 5.74) is 2.47. The summed E-state index contributed by atoms with van der Waals surface area (Å²) in [6.07, 6.45) is 3.55. The van der Waals surface area contributed by atoms with E-state index in [2.05, 4.69) is 30.4 Å². The number of rotatable bonds is 6. The van der Waals surface area contributed by atoms with Crippen molar-refractivity contribution < 1.29 is 4.79 Å². The molecule has 2 aromatic heterocycles. The zero-order chi connectivity index (χ0) is 23.3. The highest BCUT2D eigenvalue weighted by molar-refractivity contribution is 5.92. The van der Waals surface area contributed by atoms with Crippen LogP contribution in [-0.4, -0.2) is 56.9 Å². The SMILES string of the molecule is CC(=O)Nc1cccc(Nc2nc(CN3CCN(c4ncccn4)CC3)nc3ccccc23)c1. The average molecular weight is 455 g/mol. The maximum atomic E-state index is 11.4. The van der Waals surface area contributed by atoms with Gasteiger partial charge < -0.3 is 15.5 Å². The second-order valence-corrected chi connectivity index (χ2v) is 8.20. The molecule has 9 nitrogen and oxygen atoms in total. The van der Waals surface area contributed by atoms with Crippen molar-refractivity contribution in [2.75, 3.05) is 41.7 Å². The number of benzene rings is 2. The topological polar surface area (TPSA) is 99.2 Å². The van der Waals surface area contributed by atoms with E-state index in [4.69, 9.17) is 9.97 Å². The highest BCUT2D eigenvalue weighted by atomic mass is 16.1. The van der Waals surface area contributed by atoms with E-state index in [0.29, 0.717) is 6.54 Å². The molecule has 0 bridgehead atoms. The summed E-state index contributed by atoms with van der Waals surface area (Å²) in [7, 11) is 0. The van der Waals surface area contributed by atoms with Crippen molar-refractivity contribution in [3.05, 3.63) is 72.8 Å². The fourth-order valence-corrected chi connectivity index (χ4v) is 4.07. The third-order valence-electron chi connectivity index (χ3n) is 5.67. The number of para-hydroxylation sites is 1. The van der Waals surface area contributed by atoms with E-state index in [0.717, 1.165) is 66.0 Å². The van der Waals surface area contributed by atoms with Crippen molar-refractivity contribution in [3.63, 3.8) is 0 Å². The fraction of sp³-hybridized carbons (Fsp3) is 0.240. The molecule has 0 unspecified atom stereocenters. The van der Waals surface area contributed by atoms with E-state index in [-0.39, 0.29) is 5.91 Å². The first kappa shape index (κ1) is 21.7. The van der Waals surface area contributed by atoms with Crippen LogP contribution in [0.2, 0.25) is 0 Å². The molecule has 1 fully saturated rings. The van der Waals surface area contributed by atoms with E-state index in [1.54, 1.807) is 12.4 Å². The molecule has 1 saturated heterocycles. The monoisotopic (exact) mass is 454 g/mol. The normalized spacial score (nSPS) is 14.2. The van der Waals surface area contributed by atoms with E-state index in [1.165, 1.54) is 6.92 Å². The van der Waals surface area contributed by atoms with Crippen LogP contribution < -0.4 is 15.5 Å². The lowest BCUT2D eigenvalue weighted by molar-refractivity contribution is -0.114. The smallest absolute Gasteiger partial charge is 0.225 e. The number of carbonyl (C=O) groups is 1. The minimum Gasteiger partial charge on any atom is -0.340 e. The second-order valence-electron chi connectivity index (χ2n) is 8.20. The number of piperazine rings is 1. The van der Waals surface area contributed by atoms with Gasteiger partial charge in [-0.25, -0.2) is 19.9 Å². The van der Waals surface area contributed by atoms with Crippen molar-refractivity contribution in [3.8, 4) is 0 Å². The molecular formula is C25H26N8O. The zero-order valence-electron chi connectivity index (χ0n) is 19.0. The molecule has 2 N–H and O–H groups in total. The van der Waals surface area contributed by atoms with Gasteiger partial charge in [0.25, 0.3) is 0 Å². The number of anilines is 4. The maximum Gasteiger partial charge on any atom is 0.225 e. The van der Waals surface area contributed by atoms with Gasteiger partial charge in [-0.15, -0.1) is 0 Å². The summed E-state index contributed by atoms with van der Waals surface area (Å²) in [6, 6.07) is 17.4. The molecule has 5 rings (SSSR count). The summed E-state index contributed by atoms with van der Waals surface area (Å²) in [5.74, 6) is 2.18. The van der Waals surface area contributed by atoms with Crippen LogP contribution in [0, 0.1) is 0 Å². The van der Waals surface area contributed by atoms with Gasteiger partial charge in [0.2, 0.25) is 11.9 Å².